The van der Waals surface area contributed by atoms with E-state index >= 15 is 0 Å². The zero-order chi connectivity index (χ0) is 28.4. The van der Waals surface area contributed by atoms with Gasteiger partial charge in [0.15, 0.2) is 6.61 Å². The minimum absolute atomic E-state index is 0.235. The molecule has 0 aliphatic carbocycles. The molecule has 9 nitrogen and oxygen atoms in total. The molecule has 0 heterocycles. The molecule has 0 aliphatic heterocycles. The molecule has 3 amide bonds. The van der Waals surface area contributed by atoms with Gasteiger partial charge in [0.05, 0.1) is 6.21 Å². The Balaban J connectivity index is 1.57. The fourth-order valence-electron chi connectivity index (χ4n) is 3.64. The van der Waals surface area contributed by atoms with Crippen LogP contribution >= 0.6 is 15.9 Å². The lowest BCUT2D eigenvalue weighted by Crippen LogP contribution is -2.32. The Bertz CT molecular complexity index is 1380. The number of hydrogen-bond acceptors (Lipinski definition) is 6. The first-order valence-electron chi connectivity index (χ1n) is 11.9. The van der Waals surface area contributed by atoms with E-state index in [4.69, 9.17) is 9.47 Å². The summed E-state index contributed by atoms with van der Waals surface area (Å²) in [6.45, 7) is 9.57. The molecule has 3 aromatic carbocycles. The van der Waals surface area contributed by atoms with Gasteiger partial charge in [0.1, 0.15) is 18.1 Å². The summed E-state index contributed by atoms with van der Waals surface area (Å²) in [6.07, 6.45) is 2.94. The zero-order valence-electron chi connectivity index (χ0n) is 21.8. The van der Waals surface area contributed by atoms with Crippen LogP contribution in [0.15, 0.2) is 76.8 Å². The quantitative estimate of drug-likeness (QED) is 0.132. The summed E-state index contributed by atoms with van der Waals surface area (Å²) in [5.74, 6) is -1.20. The Kier molecular flexibility index (Phi) is 10.4. The number of amides is 3. The van der Waals surface area contributed by atoms with Crippen LogP contribution in [0.2, 0.25) is 0 Å². The number of aryl methyl sites for hydroxylation is 3. The largest absolute Gasteiger partial charge is 0.490 e. The second kappa shape index (κ2) is 13.9. The number of halogens is 1. The van der Waals surface area contributed by atoms with Gasteiger partial charge in [-0.15, -0.1) is 0 Å². The van der Waals surface area contributed by atoms with Crippen LogP contribution in [0.5, 0.6) is 11.5 Å². The highest BCUT2D eigenvalue weighted by molar-refractivity contribution is 9.10. The van der Waals surface area contributed by atoms with Gasteiger partial charge >= 0.3 is 11.8 Å². The number of carbonyl (C=O) groups is 3. The van der Waals surface area contributed by atoms with Gasteiger partial charge in [-0.2, -0.15) is 5.10 Å². The molecule has 3 rings (SSSR count). The van der Waals surface area contributed by atoms with E-state index in [1.54, 1.807) is 48.5 Å². The van der Waals surface area contributed by atoms with E-state index in [9.17, 15) is 14.4 Å². The average molecular weight is 593 g/mol. The summed E-state index contributed by atoms with van der Waals surface area (Å²) >= 11 is 3.38. The predicted molar refractivity (Wildman–Crippen MR) is 155 cm³/mol. The normalized spacial score (nSPS) is 10.6. The molecule has 39 heavy (non-hydrogen) atoms. The number of ether oxygens (including phenoxy) is 2. The molecule has 0 saturated heterocycles. The van der Waals surface area contributed by atoms with Crippen molar-refractivity contribution in [1.29, 1.82) is 0 Å². The van der Waals surface area contributed by atoms with E-state index in [1.165, 1.54) is 6.21 Å². The van der Waals surface area contributed by atoms with Crippen molar-refractivity contribution in [2.75, 3.05) is 23.8 Å². The number of hydrazone groups is 1. The summed E-state index contributed by atoms with van der Waals surface area (Å²) in [7, 11) is 0. The number of carbonyl (C=O) groups excluding carboxylic acids is 3. The summed E-state index contributed by atoms with van der Waals surface area (Å²) in [5.41, 5.74) is 6.89. The van der Waals surface area contributed by atoms with Gasteiger partial charge in [0.2, 0.25) is 0 Å². The Labute approximate surface area is 235 Å². The second-order valence-electron chi connectivity index (χ2n) is 8.57. The molecule has 0 spiro atoms. The smallest absolute Gasteiger partial charge is 0.329 e. The number of rotatable bonds is 10. The minimum atomic E-state index is -0.959. The fraction of sp³-hybridized carbons (Fsp3) is 0.172. The van der Waals surface area contributed by atoms with Crippen LogP contribution in [0.4, 0.5) is 11.4 Å². The van der Waals surface area contributed by atoms with Gasteiger partial charge in [0.25, 0.3) is 5.91 Å². The standard InChI is InChI=1S/C29H29BrN4O5/c1-5-12-38-24-9-7-23(8-10-24)32-28(36)29(37)34-31-16-21-15-22(30)6-11-25(21)39-17-26(35)33-27-19(3)13-18(2)14-20(27)4/h5-11,13-16H,1,12,17H2,2-4H3,(H,32,36)(H,33,35)(H,34,37)/b31-16-. The van der Waals surface area contributed by atoms with Gasteiger partial charge < -0.3 is 20.1 Å². The van der Waals surface area contributed by atoms with Crippen molar-refractivity contribution in [2.24, 2.45) is 5.10 Å². The third-order valence-corrected chi connectivity index (χ3v) is 5.82. The number of benzene rings is 3. The average Bonchev–Trinajstić information content (AvgIpc) is 2.89. The number of nitrogens with one attached hydrogen (secondary N) is 3. The van der Waals surface area contributed by atoms with Crippen LogP contribution in [-0.4, -0.2) is 37.1 Å². The van der Waals surface area contributed by atoms with Crippen LogP contribution in [0.3, 0.4) is 0 Å². The van der Waals surface area contributed by atoms with Crippen molar-refractivity contribution < 1.29 is 23.9 Å². The summed E-state index contributed by atoms with van der Waals surface area (Å²) in [5, 5.41) is 9.23. The van der Waals surface area contributed by atoms with Crippen molar-refractivity contribution >= 4 is 51.2 Å². The van der Waals surface area contributed by atoms with E-state index in [0.29, 0.717) is 29.4 Å². The van der Waals surface area contributed by atoms with Gasteiger partial charge in [-0.3, -0.25) is 14.4 Å². The maximum Gasteiger partial charge on any atom is 0.329 e. The molecule has 0 saturated carbocycles. The highest BCUT2D eigenvalue weighted by Gasteiger charge is 2.14. The van der Waals surface area contributed by atoms with Gasteiger partial charge in [-0.05, 0) is 74.4 Å². The molecule has 3 aromatic rings. The number of anilines is 2. The molecule has 3 N–H and O–H groups in total. The van der Waals surface area contributed by atoms with Crippen molar-refractivity contribution in [3.63, 3.8) is 0 Å². The summed E-state index contributed by atoms with van der Waals surface area (Å²) in [6, 6.07) is 15.6. The van der Waals surface area contributed by atoms with Crippen LogP contribution in [-0.2, 0) is 14.4 Å². The first-order chi connectivity index (χ1) is 18.7. The van der Waals surface area contributed by atoms with E-state index in [-0.39, 0.29) is 12.5 Å². The molecule has 0 aromatic heterocycles. The third kappa shape index (κ3) is 8.82. The van der Waals surface area contributed by atoms with Crippen molar-refractivity contribution in [3.05, 3.63) is 94.0 Å². The molecular formula is C29H29BrN4O5. The van der Waals surface area contributed by atoms with Crippen LogP contribution in [0.1, 0.15) is 22.3 Å². The molecule has 202 valence electrons. The SMILES string of the molecule is C=CCOc1ccc(NC(=O)C(=O)N/N=C\c2cc(Br)ccc2OCC(=O)Nc2c(C)cc(C)cc2C)cc1. The lowest BCUT2D eigenvalue weighted by molar-refractivity contribution is -0.136. The van der Waals surface area contributed by atoms with E-state index in [0.717, 1.165) is 26.9 Å². The summed E-state index contributed by atoms with van der Waals surface area (Å²) < 4.78 is 11.8. The molecule has 0 radical (unpaired) electrons. The van der Waals surface area contributed by atoms with Crippen molar-refractivity contribution in [2.45, 2.75) is 20.8 Å². The van der Waals surface area contributed by atoms with Crippen LogP contribution in [0, 0.1) is 20.8 Å². The molecule has 0 atom stereocenters. The Morgan fingerprint density at radius 2 is 1.62 bits per heavy atom. The first-order valence-corrected chi connectivity index (χ1v) is 12.7. The molecule has 0 bridgehead atoms. The Morgan fingerprint density at radius 3 is 2.28 bits per heavy atom. The monoisotopic (exact) mass is 592 g/mol. The minimum Gasteiger partial charge on any atom is -0.490 e. The molecule has 0 fully saturated rings. The number of hydrogen-bond donors (Lipinski definition) is 3. The second-order valence-corrected chi connectivity index (χ2v) is 9.49. The zero-order valence-corrected chi connectivity index (χ0v) is 23.4. The van der Waals surface area contributed by atoms with Crippen molar-refractivity contribution in [3.8, 4) is 11.5 Å². The van der Waals surface area contributed by atoms with Crippen molar-refractivity contribution in [1.82, 2.24) is 5.43 Å². The van der Waals surface area contributed by atoms with E-state index in [1.807, 2.05) is 32.9 Å². The maximum atomic E-state index is 12.6. The molecule has 0 aliphatic rings. The van der Waals surface area contributed by atoms with E-state index < -0.39 is 11.8 Å². The summed E-state index contributed by atoms with van der Waals surface area (Å²) in [4.78, 5) is 37.0. The molecule has 10 heteroatoms. The van der Waals surface area contributed by atoms with Crippen LogP contribution < -0.4 is 25.5 Å². The molecular weight excluding hydrogens is 564 g/mol. The lowest BCUT2D eigenvalue weighted by atomic mass is 10.1. The van der Waals surface area contributed by atoms with Gasteiger partial charge in [-0.25, -0.2) is 5.43 Å². The highest BCUT2D eigenvalue weighted by Crippen LogP contribution is 2.24. The lowest BCUT2D eigenvalue weighted by Gasteiger charge is -2.14. The fourth-order valence-corrected chi connectivity index (χ4v) is 4.02. The highest BCUT2D eigenvalue weighted by atomic mass is 79.9. The van der Waals surface area contributed by atoms with Gasteiger partial charge in [-0.1, -0.05) is 46.3 Å². The topological polar surface area (TPSA) is 118 Å². The number of nitrogens with zero attached hydrogens (tertiary/aromatic N) is 1. The maximum absolute atomic E-state index is 12.6. The van der Waals surface area contributed by atoms with Crippen LogP contribution in [0.25, 0.3) is 0 Å². The Hall–Kier alpha value is -4.44. The predicted octanol–water partition coefficient (Wildman–Crippen LogP) is 5.05. The van der Waals surface area contributed by atoms with E-state index in [2.05, 4.69) is 43.7 Å². The van der Waals surface area contributed by atoms with Gasteiger partial charge in [0, 0.05) is 21.4 Å². The first kappa shape index (κ1) is 29.1. The third-order valence-electron chi connectivity index (χ3n) is 5.33. The Morgan fingerprint density at radius 1 is 0.923 bits per heavy atom. The molecule has 0 unspecified atom stereocenters.